The highest BCUT2D eigenvalue weighted by atomic mass is 79.9. The first kappa shape index (κ1) is 17.0. The van der Waals surface area contributed by atoms with Crippen LogP contribution in [0.15, 0.2) is 52.0 Å². The molecule has 1 saturated carbocycles. The summed E-state index contributed by atoms with van der Waals surface area (Å²) in [6.45, 7) is 1.63. The van der Waals surface area contributed by atoms with Crippen LogP contribution < -0.4 is 0 Å². The molecule has 0 aromatic heterocycles. The maximum atomic E-state index is 12.1. The highest BCUT2D eigenvalue weighted by Crippen LogP contribution is 2.52. The van der Waals surface area contributed by atoms with Crippen LogP contribution in [0.3, 0.4) is 0 Å². The monoisotopic (exact) mass is 390 g/mol. The maximum Gasteiger partial charge on any atom is 0.333 e. The van der Waals surface area contributed by atoms with Crippen LogP contribution in [0.1, 0.15) is 25.3 Å². The largest absolute Gasteiger partial charge is 0.481 e. The molecule has 0 spiro atoms. The van der Waals surface area contributed by atoms with Crippen LogP contribution in [0.2, 0.25) is 0 Å². The van der Waals surface area contributed by atoms with E-state index < -0.39 is 23.3 Å². The zero-order valence-corrected chi connectivity index (χ0v) is 14.9. The van der Waals surface area contributed by atoms with Crippen LogP contribution in [-0.4, -0.2) is 22.2 Å². The lowest BCUT2D eigenvalue weighted by molar-refractivity contribution is -0.147. The summed E-state index contributed by atoms with van der Waals surface area (Å²) >= 11 is 3.45. The molecule has 1 aromatic carbocycles. The van der Waals surface area contributed by atoms with E-state index in [0.717, 1.165) is 24.0 Å². The lowest BCUT2D eigenvalue weighted by atomic mass is 9.66. The van der Waals surface area contributed by atoms with E-state index in [-0.39, 0.29) is 11.5 Å². The molecule has 2 unspecified atom stereocenters. The first-order valence-corrected chi connectivity index (χ1v) is 8.77. The van der Waals surface area contributed by atoms with Crippen molar-refractivity contribution in [3.05, 3.63) is 57.6 Å². The van der Waals surface area contributed by atoms with E-state index in [0.29, 0.717) is 10.9 Å². The van der Waals surface area contributed by atoms with Gasteiger partial charge in [0, 0.05) is 10.4 Å². The second-order valence-electron chi connectivity index (χ2n) is 6.74. The summed E-state index contributed by atoms with van der Waals surface area (Å²) in [5.41, 5.74) is 0.700. The van der Waals surface area contributed by atoms with E-state index in [2.05, 4.69) is 15.9 Å². The number of carboxylic acids is 2. The van der Waals surface area contributed by atoms with Gasteiger partial charge in [0.1, 0.15) is 0 Å². The van der Waals surface area contributed by atoms with Crippen molar-refractivity contribution in [3.8, 4) is 0 Å². The molecule has 2 atom stereocenters. The third-order valence-electron chi connectivity index (χ3n) is 5.01. The molecule has 2 aliphatic rings. The molecule has 0 bridgehead atoms. The Morgan fingerprint density at radius 1 is 1.21 bits per heavy atom. The maximum absolute atomic E-state index is 12.1. The summed E-state index contributed by atoms with van der Waals surface area (Å²) in [6, 6.07) is 9.43. The number of halogens is 1. The van der Waals surface area contributed by atoms with Crippen LogP contribution in [0, 0.1) is 17.3 Å². The molecule has 0 aliphatic heterocycles. The molecule has 126 valence electrons. The summed E-state index contributed by atoms with van der Waals surface area (Å²) in [5.74, 6) is -2.40. The standard InChI is InChI=1S/C19H19BrO4/c1-19(18(23)24)10-13(12-7-8-12)16(20)15(17(21)22)14(19)9-11-5-3-2-4-6-11/h2-6,10,12,14H,7-9H2,1H3,(H,21,22)(H,23,24). The Morgan fingerprint density at radius 2 is 1.83 bits per heavy atom. The van der Waals surface area contributed by atoms with Crippen LogP contribution in [0.4, 0.5) is 0 Å². The number of hydrogen-bond donors (Lipinski definition) is 2. The van der Waals surface area contributed by atoms with Gasteiger partial charge in [-0.2, -0.15) is 0 Å². The van der Waals surface area contributed by atoms with Crippen molar-refractivity contribution in [3.63, 3.8) is 0 Å². The lowest BCUT2D eigenvalue weighted by Crippen LogP contribution is -2.41. The summed E-state index contributed by atoms with van der Waals surface area (Å²) < 4.78 is 0.567. The summed E-state index contributed by atoms with van der Waals surface area (Å²) in [7, 11) is 0. The predicted octanol–water partition coefficient (Wildman–Crippen LogP) is 4.02. The molecular formula is C19H19BrO4. The fourth-order valence-electron chi connectivity index (χ4n) is 3.40. The van der Waals surface area contributed by atoms with Crippen molar-refractivity contribution in [2.24, 2.45) is 17.3 Å². The normalized spacial score (nSPS) is 26.9. The van der Waals surface area contributed by atoms with Crippen molar-refractivity contribution in [1.29, 1.82) is 0 Å². The average Bonchev–Trinajstić information content (AvgIpc) is 3.36. The van der Waals surface area contributed by atoms with Crippen LogP contribution in [0.5, 0.6) is 0 Å². The summed E-state index contributed by atoms with van der Waals surface area (Å²) in [6.07, 6.45) is 4.10. The van der Waals surface area contributed by atoms with E-state index in [1.165, 1.54) is 0 Å². The van der Waals surface area contributed by atoms with Gasteiger partial charge >= 0.3 is 11.9 Å². The van der Waals surface area contributed by atoms with Gasteiger partial charge in [0.25, 0.3) is 0 Å². The molecule has 0 saturated heterocycles. The third kappa shape index (κ3) is 2.93. The Kier molecular flexibility index (Phi) is 4.38. The van der Waals surface area contributed by atoms with Crippen LogP contribution in [-0.2, 0) is 16.0 Å². The van der Waals surface area contributed by atoms with Gasteiger partial charge in [0.05, 0.1) is 11.0 Å². The minimum absolute atomic E-state index is 0.174. The molecule has 5 heteroatoms. The molecule has 1 fully saturated rings. The minimum atomic E-state index is -1.24. The number of aliphatic carboxylic acids is 2. The summed E-state index contributed by atoms with van der Waals surface area (Å²) in [5, 5.41) is 19.7. The predicted molar refractivity (Wildman–Crippen MR) is 93.8 cm³/mol. The molecule has 2 N–H and O–H groups in total. The highest BCUT2D eigenvalue weighted by molar-refractivity contribution is 9.12. The molecular weight excluding hydrogens is 372 g/mol. The molecule has 4 nitrogen and oxygen atoms in total. The van der Waals surface area contributed by atoms with Gasteiger partial charge in [-0.25, -0.2) is 4.79 Å². The average molecular weight is 391 g/mol. The van der Waals surface area contributed by atoms with Gasteiger partial charge in [0.2, 0.25) is 0 Å². The number of hydrogen-bond acceptors (Lipinski definition) is 2. The fourth-order valence-corrected chi connectivity index (χ4v) is 4.29. The van der Waals surface area contributed by atoms with Gasteiger partial charge in [-0.3, -0.25) is 4.79 Å². The van der Waals surface area contributed by atoms with Gasteiger partial charge in [0.15, 0.2) is 0 Å². The molecule has 3 rings (SSSR count). The second kappa shape index (κ2) is 6.20. The fraction of sp³-hybridized carbons (Fsp3) is 0.368. The Bertz CT molecular complexity index is 746. The van der Waals surface area contributed by atoms with E-state index in [9.17, 15) is 19.8 Å². The molecule has 0 heterocycles. The Balaban J connectivity index is 2.11. The zero-order chi connectivity index (χ0) is 17.5. The van der Waals surface area contributed by atoms with E-state index in [4.69, 9.17) is 0 Å². The second-order valence-corrected chi connectivity index (χ2v) is 7.53. The van der Waals surface area contributed by atoms with Crippen LogP contribution in [0.25, 0.3) is 0 Å². The van der Waals surface area contributed by atoms with Crippen molar-refractivity contribution in [2.75, 3.05) is 0 Å². The van der Waals surface area contributed by atoms with Crippen molar-refractivity contribution >= 4 is 27.9 Å². The first-order chi connectivity index (χ1) is 11.3. The van der Waals surface area contributed by atoms with E-state index in [1.807, 2.05) is 30.3 Å². The lowest BCUT2D eigenvalue weighted by Gasteiger charge is -2.37. The van der Waals surface area contributed by atoms with Gasteiger partial charge in [-0.05, 0) is 59.2 Å². The quantitative estimate of drug-likeness (QED) is 0.795. The minimum Gasteiger partial charge on any atom is -0.481 e. The zero-order valence-electron chi connectivity index (χ0n) is 13.3. The summed E-state index contributed by atoms with van der Waals surface area (Å²) in [4.78, 5) is 24.0. The van der Waals surface area contributed by atoms with E-state index >= 15 is 0 Å². The Labute approximate surface area is 149 Å². The topological polar surface area (TPSA) is 74.6 Å². The van der Waals surface area contributed by atoms with Gasteiger partial charge < -0.3 is 10.2 Å². The van der Waals surface area contributed by atoms with Crippen molar-refractivity contribution in [1.82, 2.24) is 0 Å². The first-order valence-electron chi connectivity index (χ1n) is 7.98. The molecule has 0 radical (unpaired) electrons. The number of carbonyl (C=O) groups is 2. The Hall–Kier alpha value is -1.88. The third-order valence-corrected chi connectivity index (χ3v) is 5.89. The highest BCUT2D eigenvalue weighted by Gasteiger charge is 2.49. The Morgan fingerprint density at radius 3 is 2.33 bits per heavy atom. The smallest absolute Gasteiger partial charge is 0.333 e. The number of carboxylic acid groups (broad SMARTS) is 2. The van der Waals surface area contributed by atoms with Gasteiger partial charge in [-0.1, -0.05) is 36.4 Å². The van der Waals surface area contributed by atoms with Crippen LogP contribution >= 0.6 is 15.9 Å². The number of allylic oxidation sites excluding steroid dienone is 2. The number of benzene rings is 1. The molecule has 2 aliphatic carbocycles. The van der Waals surface area contributed by atoms with E-state index in [1.54, 1.807) is 13.0 Å². The van der Waals surface area contributed by atoms with Crippen molar-refractivity contribution in [2.45, 2.75) is 26.2 Å². The number of rotatable bonds is 5. The van der Waals surface area contributed by atoms with Crippen molar-refractivity contribution < 1.29 is 19.8 Å². The molecule has 24 heavy (non-hydrogen) atoms. The van der Waals surface area contributed by atoms with Gasteiger partial charge in [-0.15, -0.1) is 0 Å². The molecule has 1 aromatic rings. The SMILES string of the molecule is CC1(C(=O)O)C=C(C2CC2)C(Br)=C(C(=O)O)C1Cc1ccccc1. The molecule has 0 amide bonds.